The Kier molecular flexibility index (Phi) is 6.77. The molecule has 8 heteroatoms. The van der Waals surface area contributed by atoms with Gasteiger partial charge in [0, 0.05) is 6.42 Å². The van der Waals surface area contributed by atoms with Gasteiger partial charge in [0.05, 0.1) is 5.92 Å². The molecule has 0 spiro atoms. The smallest absolute Gasteiger partial charge is 0.306 e. The Morgan fingerprint density at radius 2 is 1.56 bits per heavy atom. The average Bonchev–Trinajstić information content (AvgIpc) is 2.20. The number of aliphatic hydroxyl groups is 4. The van der Waals surface area contributed by atoms with E-state index < -0.39 is 29.9 Å². The van der Waals surface area contributed by atoms with Crippen LogP contribution in [0.15, 0.2) is 0 Å². The molecule has 106 valence electrons. The molecule has 0 radical (unpaired) electrons. The first-order valence-electron chi connectivity index (χ1n) is 5.44. The van der Waals surface area contributed by atoms with E-state index in [1.54, 1.807) is 0 Å². The molecule has 0 aromatic heterocycles. The normalized spacial score (nSPS) is 15.1. The molecule has 0 aliphatic heterocycles. The van der Waals surface area contributed by atoms with Crippen LogP contribution < -0.4 is 0 Å². The average molecular weight is 266 g/mol. The Morgan fingerprint density at radius 1 is 1.00 bits per heavy atom. The van der Waals surface area contributed by atoms with Gasteiger partial charge < -0.3 is 30.6 Å². The lowest BCUT2D eigenvalue weighted by Crippen LogP contribution is -2.42. The van der Waals surface area contributed by atoms with Crippen LogP contribution in [0, 0.1) is 5.92 Å². The molecule has 0 aliphatic carbocycles. The predicted octanol–water partition coefficient (Wildman–Crippen LogP) is -1.29. The van der Waals surface area contributed by atoms with Crippen LogP contribution in [-0.2, 0) is 9.59 Å². The number of rotatable bonds is 9. The lowest BCUT2D eigenvalue weighted by Gasteiger charge is -2.22. The third-order valence-corrected chi connectivity index (χ3v) is 2.53. The second-order valence-electron chi connectivity index (χ2n) is 4.10. The molecule has 8 nitrogen and oxygen atoms in total. The summed E-state index contributed by atoms with van der Waals surface area (Å²) in [4.78, 5) is 21.1. The summed E-state index contributed by atoms with van der Waals surface area (Å²) in [5.41, 5.74) is 0. The van der Waals surface area contributed by atoms with Crippen LogP contribution >= 0.6 is 0 Å². The van der Waals surface area contributed by atoms with Crippen molar-refractivity contribution in [3.05, 3.63) is 0 Å². The third-order valence-electron chi connectivity index (χ3n) is 2.53. The summed E-state index contributed by atoms with van der Waals surface area (Å²) in [6.45, 7) is 0. The van der Waals surface area contributed by atoms with Gasteiger partial charge in [-0.25, -0.2) is 0 Å². The molecule has 0 aromatic rings. The first-order valence-corrected chi connectivity index (χ1v) is 5.44. The molecule has 2 unspecified atom stereocenters. The Balaban J connectivity index is 4.13. The van der Waals surface area contributed by atoms with Crippen molar-refractivity contribution in [1.82, 2.24) is 0 Å². The summed E-state index contributed by atoms with van der Waals surface area (Å²) in [5, 5.41) is 52.2. The SMILES string of the molecule is O=C(O)CCCC(CCC(O)C(O)(O)O)C(=O)O. The van der Waals surface area contributed by atoms with Crippen molar-refractivity contribution in [2.45, 2.75) is 44.2 Å². The summed E-state index contributed by atoms with van der Waals surface area (Å²) in [5.74, 6) is -6.35. The molecule has 0 rings (SSSR count). The minimum Gasteiger partial charge on any atom is -0.481 e. The molecule has 0 saturated carbocycles. The summed E-state index contributed by atoms with van der Waals surface area (Å²) >= 11 is 0. The molecular formula is C10H18O8. The van der Waals surface area contributed by atoms with Gasteiger partial charge >= 0.3 is 17.9 Å². The van der Waals surface area contributed by atoms with Gasteiger partial charge in [-0.2, -0.15) is 0 Å². The fraction of sp³-hybridized carbons (Fsp3) is 0.800. The number of aliphatic carboxylic acids is 2. The zero-order valence-electron chi connectivity index (χ0n) is 9.69. The van der Waals surface area contributed by atoms with Gasteiger partial charge in [0.25, 0.3) is 0 Å². The monoisotopic (exact) mass is 266 g/mol. The van der Waals surface area contributed by atoms with E-state index in [1.807, 2.05) is 0 Å². The lowest BCUT2D eigenvalue weighted by molar-refractivity contribution is -0.355. The second-order valence-corrected chi connectivity index (χ2v) is 4.10. The fourth-order valence-electron chi connectivity index (χ4n) is 1.44. The maximum Gasteiger partial charge on any atom is 0.306 e. The lowest BCUT2D eigenvalue weighted by atomic mass is 9.95. The molecule has 0 aliphatic rings. The molecule has 2 atom stereocenters. The maximum atomic E-state index is 10.8. The molecule has 0 aromatic carbocycles. The van der Waals surface area contributed by atoms with Gasteiger partial charge in [0.2, 0.25) is 0 Å². The number of carboxylic acids is 2. The molecule has 0 amide bonds. The van der Waals surface area contributed by atoms with Crippen LogP contribution in [0.3, 0.4) is 0 Å². The first-order chi connectivity index (χ1) is 8.14. The standard InChI is InChI=1S/C10H18O8/c11-7(10(16,17)18)5-4-6(9(14)15)2-1-3-8(12)13/h6-7,11,16-18H,1-5H2,(H,12,13)(H,14,15). The Hall–Kier alpha value is -1.22. The third kappa shape index (κ3) is 7.17. The van der Waals surface area contributed by atoms with E-state index in [2.05, 4.69) is 0 Å². The molecule has 0 fully saturated rings. The van der Waals surface area contributed by atoms with E-state index in [0.29, 0.717) is 0 Å². The van der Waals surface area contributed by atoms with Crippen molar-refractivity contribution in [3.63, 3.8) is 0 Å². The topological polar surface area (TPSA) is 156 Å². The number of hydrogen-bond acceptors (Lipinski definition) is 6. The van der Waals surface area contributed by atoms with Gasteiger partial charge in [-0.05, 0) is 25.7 Å². The second kappa shape index (κ2) is 7.27. The number of hydrogen-bond donors (Lipinski definition) is 6. The van der Waals surface area contributed by atoms with E-state index >= 15 is 0 Å². The van der Waals surface area contributed by atoms with E-state index in [-0.39, 0.29) is 32.1 Å². The summed E-state index contributed by atoms with van der Waals surface area (Å²) < 4.78 is 0. The quantitative estimate of drug-likeness (QED) is 0.282. The van der Waals surface area contributed by atoms with Gasteiger partial charge in [-0.1, -0.05) is 0 Å². The van der Waals surface area contributed by atoms with Crippen molar-refractivity contribution in [1.29, 1.82) is 0 Å². The molecule has 0 bridgehead atoms. The van der Waals surface area contributed by atoms with Gasteiger partial charge in [-0.3, -0.25) is 9.59 Å². The highest BCUT2D eigenvalue weighted by molar-refractivity contribution is 5.70. The zero-order chi connectivity index (χ0) is 14.3. The first kappa shape index (κ1) is 16.8. The van der Waals surface area contributed by atoms with E-state index in [1.165, 1.54) is 0 Å². The number of carbonyl (C=O) groups is 2. The van der Waals surface area contributed by atoms with Gasteiger partial charge in [-0.15, -0.1) is 0 Å². The van der Waals surface area contributed by atoms with Gasteiger partial charge in [0.15, 0.2) is 0 Å². The predicted molar refractivity (Wildman–Crippen MR) is 57.2 cm³/mol. The summed E-state index contributed by atoms with van der Waals surface area (Å²) in [7, 11) is 0. The van der Waals surface area contributed by atoms with Crippen LogP contribution in [0.1, 0.15) is 32.1 Å². The van der Waals surface area contributed by atoms with Crippen molar-refractivity contribution >= 4 is 11.9 Å². The van der Waals surface area contributed by atoms with E-state index in [0.717, 1.165) is 0 Å². The largest absolute Gasteiger partial charge is 0.481 e. The summed E-state index contributed by atoms with van der Waals surface area (Å²) in [6.07, 6.45) is -2.18. The fourth-order valence-corrected chi connectivity index (χ4v) is 1.44. The highest BCUT2D eigenvalue weighted by Gasteiger charge is 2.31. The minimum atomic E-state index is -3.26. The molecule has 6 N–H and O–H groups in total. The molecule has 0 heterocycles. The summed E-state index contributed by atoms with van der Waals surface area (Å²) in [6, 6.07) is 0. The highest BCUT2D eigenvalue weighted by Crippen LogP contribution is 2.19. The molecule has 0 saturated heterocycles. The van der Waals surface area contributed by atoms with Crippen LogP contribution in [0.2, 0.25) is 0 Å². The van der Waals surface area contributed by atoms with Crippen molar-refractivity contribution in [2.75, 3.05) is 0 Å². The minimum absolute atomic E-state index is 0.0977. The van der Waals surface area contributed by atoms with Crippen LogP contribution in [0.25, 0.3) is 0 Å². The number of carboxylic acid groups (broad SMARTS) is 2. The van der Waals surface area contributed by atoms with Crippen molar-refractivity contribution in [2.24, 2.45) is 5.92 Å². The van der Waals surface area contributed by atoms with E-state index in [9.17, 15) is 9.59 Å². The van der Waals surface area contributed by atoms with Crippen molar-refractivity contribution < 1.29 is 40.2 Å². The van der Waals surface area contributed by atoms with E-state index in [4.69, 9.17) is 30.6 Å². The van der Waals surface area contributed by atoms with Gasteiger partial charge in [0.1, 0.15) is 6.10 Å². The molecular weight excluding hydrogens is 248 g/mol. The van der Waals surface area contributed by atoms with Crippen LogP contribution in [-0.4, -0.2) is 54.7 Å². The van der Waals surface area contributed by atoms with Crippen molar-refractivity contribution in [3.8, 4) is 0 Å². The Labute approximate surface area is 103 Å². The Morgan fingerprint density at radius 3 is 1.94 bits per heavy atom. The van der Waals surface area contributed by atoms with Crippen LogP contribution in [0.4, 0.5) is 0 Å². The van der Waals surface area contributed by atoms with Crippen LogP contribution in [0.5, 0.6) is 0 Å². The molecule has 18 heavy (non-hydrogen) atoms. The number of aliphatic hydroxyl groups excluding tert-OH is 1. The Bertz CT molecular complexity index is 282. The highest BCUT2D eigenvalue weighted by atomic mass is 16.7. The zero-order valence-corrected chi connectivity index (χ0v) is 9.69. The maximum absolute atomic E-state index is 10.8.